The third-order valence-electron chi connectivity index (χ3n) is 5.83. The highest BCUT2D eigenvalue weighted by Gasteiger charge is 2.22. The molecule has 1 aliphatic rings. The van der Waals surface area contributed by atoms with Gasteiger partial charge < -0.3 is 11.1 Å². The normalized spacial score (nSPS) is 12.3. The van der Waals surface area contributed by atoms with Gasteiger partial charge in [-0.3, -0.25) is 4.79 Å². The van der Waals surface area contributed by atoms with Crippen molar-refractivity contribution < 1.29 is 4.79 Å². The molecule has 0 aliphatic heterocycles. The van der Waals surface area contributed by atoms with Gasteiger partial charge in [-0.15, -0.1) is 0 Å². The average molecular weight is 409 g/mol. The Morgan fingerprint density at radius 3 is 2.68 bits per heavy atom. The van der Waals surface area contributed by atoms with E-state index in [0.29, 0.717) is 18.7 Å². The fourth-order valence-electron chi connectivity index (χ4n) is 4.26. The SMILES string of the molecule is CCc1nc2c(nc1NC(=O)Cc1ccc3ccccc3c1)CCc1cc(N)ccc1-2. The maximum absolute atomic E-state index is 12.8. The highest BCUT2D eigenvalue weighted by atomic mass is 16.1. The first-order valence-corrected chi connectivity index (χ1v) is 10.7. The minimum absolute atomic E-state index is 0.0804. The smallest absolute Gasteiger partial charge is 0.229 e. The van der Waals surface area contributed by atoms with Gasteiger partial charge in [0, 0.05) is 11.3 Å². The first-order valence-electron chi connectivity index (χ1n) is 10.7. The molecule has 4 aromatic rings. The fourth-order valence-corrected chi connectivity index (χ4v) is 4.26. The van der Waals surface area contributed by atoms with E-state index in [1.165, 1.54) is 10.9 Å². The average Bonchev–Trinajstić information content (AvgIpc) is 2.78. The molecule has 0 spiro atoms. The molecule has 1 aliphatic carbocycles. The molecule has 5 rings (SSSR count). The van der Waals surface area contributed by atoms with Crippen molar-refractivity contribution in [2.75, 3.05) is 11.1 Å². The van der Waals surface area contributed by atoms with Crippen molar-refractivity contribution in [3.8, 4) is 11.3 Å². The van der Waals surface area contributed by atoms with Gasteiger partial charge in [0.1, 0.15) is 0 Å². The standard InChI is InChI=1S/C26H24N4O/c1-2-22-26(29-23-12-9-19-15-20(27)10-11-21(19)25(23)28-22)30-24(31)14-16-7-8-17-5-3-4-6-18(17)13-16/h3-8,10-11,13,15H,2,9,12,14,27H2,1H3,(H,29,30,31). The summed E-state index contributed by atoms with van der Waals surface area (Å²) < 4.78 is 0. The van der Waals surface area contributed by atoms with Gasteiger partial charge in [-0.1, -0.05) is 55.5 Å². The van der Waals surface area contributed by atoms with Crippen LogP contribution in [0.15, 0.2) is 60.7 Å². The quantitative estimate of drug-likeness (QED) is 0.479. The molecular weight excluding hydrogens is 384 g/mol. The van der Waals surface area contributed by atoms with E-state index in [9.17, 15) is 4.79 Å². The Morgan fingerprint density at radius 2 is 1.84 bits per heavy atom. The predicted octanol–water partition coefficient (Wildman–Crippen LogP) is 4.72. The Morgan fingerprint density at radius 1 is 1.00 bits per heavy atom. The number of nitrogen functional groups attached to an aromatic ring is 1. The summed E-state index contributed by atoms with van der Waals surface area (Å²) in [5.74, 6) is 0.495. The summed E-state index contributed by atoms with van der Waals surface area (Å²) in [6.45, 7) is 2.03. The molecule has 0 radical (unpaired) electrons. The van der Waals surface area contributed by atoms with E-state index in [4.69, 9.17) is 15.7 Å². The summed E-state index contributed by atoms with van der Waals surface area (Å²) in [6.07, 6.45) is 2.65. The maximum atomic E-state index is 12.8. The van der Waals surface area contributed by atoms with Gasteiger partial charge >= 0.3 is 0 Å². The minimum Gasteiger partial charge on any atom is -0.399 e. The van der Waals surface area contributed by atoms with Crippen LogP contribution in [-0.4, -0.2) is 15.9 Å². The minimum atomic E-state index is -0.0804. The predicted molar refractivity (Wildman–Crippen MR) is 125 cm³/mol. The zero-order chi connectivity index (χ0) is 21.4. The maximum Gasteiger partial charge on any atom is 0.229 e. The molecule has 1 amide bonds. The molecular formula is C26H24N4O. The summed E-state index contributed by atoms with van der Waals surface area (Å²) in [5, 5.41) is 5.31. The van der Waals surface area contributed by atoms with E-state index < -0.39 is 0 Å². The van der Waals surface area contributed by atoms with Crippen LogP contribution < -0.4 is 11.1 Å². The lowest BCUT2D eigenvalue weighted by molar-refractivity contribution is -0.115. The molecule has 0 bridgehead atoms. The molecule has 0 atom stereocenters. The lowest BCUT2D eigenvalue weighted by atomic mass is 9.91. The number of hydrogen-bond acceptors (Lipinski definition) is 4. The van der Waals surface area contributed by atoms with Crippen molar-refractivity contribution >= 4 is 28.2 Å². The van der Waals surface area contributed by atoms with Crippen molar-refractivity contribution in [2.45, 2.75) is 32.6 Å². The summed E-state index contributed by atoms with van der Waals surface area (Å²) in [7, 11) is 0. The Labute approximate surface area is 181 Å². The number of benzene rings is 3. The van der Waals surface area contributed by atoms with E-state index in [0.717, 1.165) is 52.1 Å². The van der Waals surface area contributed by atoms with Crippen LogP contribution in [0, 0.1) is 0 Å². The lowest BCUT2D eigenvalue weighted by Crippen LogP contribution is -2.19. The number of carbonyl (C=O) groups excluding carboxylic acids is 1. The van der Waals surface area contributed by atoms with Gasteiger partial charge in [-0.05, 0) is 53.3 Å². The van der Waals surface area contributed by atoms with Crippen molar-refractivity contribution in [1.29, 1.82) is 0 Å². The lowest BCUT2D eigenvalue weighted by Gasteiger charge is -2.21. The molecule has 1 heterocycles. The summed E-state index contributed by atoms with van der Waals surface area (Å²) >= 11 is 0. The second-order valence-corrected chi connectivity index (χ2v) is 7.99. The third kappa shape index (κ3) is 3.75. The second kappa shape index (κ2) is 7.84. The number of carbonyl (C=O) groups is 1. The Hall–Kier alpha value is -3.73. The first kappa shape index (κ1) is 19.2. The largest absolute Gasteiger partial charge is 0.399 e. The number of amides is 1. The van der Waals surface area contributed by atoms with Gasteiger partial charge in [0.2, 0.25) is 5.91 Å². The molecule has 154 valence electrons. The number of hydrogen-bond donors (Lipinski definition) is 2. The number of nitrogens with two attached hydrogens (primary N) is 1. The van der Waals surface area contributed by atoms with Crippen molar-refractivity contribution in [1.82, 2.24) is 9.97 Å². The van der Waals surface area contributed by atoms with Crippen LogP contribution in [-0.2, 0) is 30.5 Å². The number of fused-ring (bicyclic) bond motifs is 4. The monoisotopic (exact) mass is 408 g/mol. The Balaban J connectivity index is 1.41. The number of anilines is 2. The van der Waals surface area contributed by atoms with Crippen LogP contribution in [0.2, 0.25) is 0 Å². The van der Waals surface area contributed by atoms with Crippen molar-refractivity contribution in [3.63, 3.8) is 0 Å². The number of rotatable bonds is 4. The van der Waals surface area contributed by atoms with Crippen molar-refractivity contribution in [2.24, 2.45) is 0 Å². The van der Waals surface area contributed by atoms with E-state index in [-0.39, 0.29) is 5.91 Å². The van der Waals surface area contributed by atoms with Gasteiger partial charge in [0.25, 0.3) is 0 Å². The topological polar surface area (TPSA) is 80.9 Å². The van der Waals surface area contributed by atoms with Crippen LogP contribution >= 0.6 is 0 Å². The molecule has 31 heavy (non-hydrogen) atoms. The number of nitrogens with zero attached hydrogens (tertiary/aromatic N) is 2. The molecule has 0 unspecified atom stereocenters. The summed E-state index contributed by atoms with van der Waals surface area (Å²) in [5.41, 5.74) is 12.6. The van der Waals surface area contributed by atoms with E-state index in [1.54, 1.807) is 0 Å². The Kier molecular flexibility index (Phi) is 4.86. The molecule has 0 fully saturated rings. The zero-order valence-electron chi connectivity index (χ0n) is 17.5. The van der Waals surface area contributed by atoms with Gasteiger partial charge in [-0.25, -0.2) is 9.97 Å². The van der Waals surface area contributed by atoms with E-state index in [1.807, 2.05) is 43.3 Å². The third-order valence-corrected chi connectivity index (χ3v) is 5.83. The molecule has 3 N–H and O–H groups in total. The number of aromatic nitrogens is 2. The molecule has 3 aromatic carbocycles. The van der Waals surface area contributed by atoms with Gasteiger partial charge in [-0.2, -0.15) is 0 Å². The highest BCUT2D eigenvalue weighted by molar-refractivity contribution is 5.93. The molecule has 1 aromatic heterocycles. The molecule has 5 nitrogen and oxygen atoms in total. The molecule has 5 heteroatoms. The second-order valence-electron chi connectivity index (χ2n) is 7.99. The summed E-state index contributed by atoms with van der Waals surface area (Å²) in [4.78, 5) is 22.5. The van der Waals surface area contributed by atoms with Gasteiger partial charge in [0.05, 0.1) is 23.5 Å². The zero-order valence-corrected chi connectivity index (χ0v) is 17.5. The van der Waals surface area contributed by atoms with Crippen LogP contribution in [0.25, 0.3) is 22.0 Å². The number of aryl methyl sites for hydroxylation is 3. The fraction of sp³-hybridized carbons (Fsp3) is 0.192. The van der Waals surface area contributed by atoms with Crippen LogP contribution in [0.5, 0.6) is 0 Å². The van der Waals surface area contributed by atoms with Gasteiger partial charge in [0.15, 0.2) is 5.82 Å². The van der Waals surface area contributed by atoms with Crippen LogP contribution in [0.1, 0.15) is 29.4 Å². The first-order chi connectivity index (χ1) is 15.1. The van der Waals surface area contributed by atoms with Crippen LogP contribution in [0.3, 0.4) is 0 Å². The van der Waals surface area contributed by atoms with Crippen LogP contribution in [0.4, 0.5) is 11.5 Å². The molecule has 0 saturated carbocycles. The highest BCUT2D eigenvalue weighted by Crippen LogP contribution is 2.33. The number of nitrogens with one attached hydrogen (secondary N) is 1. The summed E-state index contributed by atoms with van der Waals surface area (Å²) in [6, 6.07) is 20.2. The van der Waals surface area contributed by atoms with Crippen molar-refractivity contribution in [3.05, 3.63) is 83.2 Å². The van der Waals surface area contributed by atoms with E-state index in [2.05, 4.69) is 29.6 Å². The molecule has 0 saturated heterocycles. The van der Waals surface area contributed by atoms with E-state index >= 15 is 0 Å². The Bertz CT molecular complexity index is 1310.